The van der Waals surface area contributed by atoms with Gasteiger partial charge in [-0.2, -0.15) is 0 Å². The Morgan fingerprint density at radius 3 is 2.78 bits per heavy atom. The summed E-state index contributed by atoms with van der Waals surface area (Å²) in [5.41, 5.74) is 2.21. The van der Waals surface area contributed by atoms with Crippen LogP contribution >= 0.6 is 11.6 Å². The number of aryl methyl sites for hydroxylation is 1. The summed E-state index contributed by atoms with van der Waals surface area (Å²) in [6.07, 6.45) is 1.63. The van der Waals surface area contributed by atoms with Gasteiger partial charge in [-0.3, -0.25) is 4.57 Å². The maximum Gasteiger partial charge on any atom is 0.229 e. The molecule has 0 spiro atoms. The van der Waals surface area contributed by atoms with Crippen LogP contribution in [0.2, 0.25) is 5.28 Å². The number of rotatable bonds is 5. The van der Waals surface area contributed by atoms with Gasteiger partial charge in [-0.1, -0.05) is 25.1 Å². The van der Waals surface area contributed by atoms with Gasteiger partial charge in [0.1, 0.15) is 5.82 Å². The molecular formula is C13H16ClN3O. The molecule has 0 aliphatic rings. The molecule has 2 rings (SSSR count). The Hall–Kier alpha value is -1.39. The van der Waals surface area contributed by atoms with E-state index in [4.69, 9.17) is 16.3 Å². The van der Waals surface area contributed by atoms with E-state index >= 15 is 0 Å². The predicted molar refractivity (Wildman–Crippen MR) is 71.3 cm³/mol. The van der Waals surface area contributed by atoms with Gasteiger partial charge in [0.25, 0.3) is 0 Å². The monoisotopic (exact) mass is 265 g/mol. The Labute approximate surface area is 112 Å². The van der Waals surface area contributed by atoms with Crippen molar-refractivity contribution in [2.75, 3.05) is 13.7 Å². The number of methoxy groups -OCH3 is 1. The molecule has 0 unspecified atom stereocenters. The van der Waals surface area contributed by atoms with E-state index in [1.54, 1.807) is 7.11 Å². The molecule has 96 valence electrons. The van der Waals surface area contributed by atoms with Crippen molar-refractivity contribution >= 4 is 11.6 Å². The van der Waals surface area contributed by atoms with E-state index in [0.29, 0.717) is 11.9 Å². The van der Waals surface area contributed by atoms with Crippen molar-refractivity contribution in [1.29, 1.82) is 0 Å². The SMILES string of the molecule is CCc1nnc(Cl)n1-c1ccccc1CCOC. The molecule has 2 aromatic rings. The molecule has 0 bridgehead atoms. The zero-order valence-electron chi connectivity index (χ0n) is 10.6. The molecule has 1 heterocycles. The fraction of sp³-hybridized carbons (Fsp3) is 0.385. The van der Waals surface area contributed by atoms with E-state index in [0.717, 1.165) is 24.4 Å². The average Bonchev–Trinajstić information content (AvgIpc) is 2.77. The number of hydrogen-bond donors (Lipinski definition) is 0. The van der Waals surface area contributed by atoms with Gasteiger partial charge in [0.05, 0.1) is 12.3 Å². The average molecular weight is 266 g/mol. The van der Waals surface area contributed by atoms with Gasteiger partial charge in [0.2, 0.25) is 5.28 Å². The van der Waals surface area contributed by atoms with Crippen LogP contribution in [0.1, 0.15) is 18.3 Å². The second-order valence-electron chi connectivity index (χ2n) is 3.95. The first kappa shape index (κ1) is 13.1. The molecule has 1 aromatic heterocycles. The lowest BCUT2D eigenvalue weighted by Gasteiger charge is -2.12. The fourth-order valence-electron chi connectivity index (χ4n) is 1.91. The van der Waals surface area contributed by atoms with E-state index < -0.39 is 0 Å². The van der Waals surface area contributed by atoms with Gasteiger partial charge in [-0.05, 0) is 29.7 Å². The Balaban J connectivity index is 2.46. The summed E-state index contributed by atoms with van der Waals surface area (Å²) in [5.74, 6) is 0.866. The number of benzene rings is 1. The largest absolute Gasteiger partial charge is 0.384 e. The Morgan fingerprint density at radius 2 is 2.06 bits per heavy atom. The molecule has 0 fully saturated rings. The molecule has 1 aromatic carbocycles. The first-order valence-corrected chi connectivity index (χ1v) is 6.32. The van der Waals surface area contributed by atoms with E-state index in [9.17, 15) is 0 Å². The highest BCUT2D eigenvalue weighted by Crippen LogP contribution is 2.21. The zero-order chi connectivity index (χ0) is 13.0. The third-order valence-corrected chi connectivity index (χ3v) is 3.06. The smallest absolute Gasteiger partial charge is 0.229 e. The molecule has 0 atom stereocenters. The molecule has 0 aliphatic heterocycles. The summed E-state index contributed by atoms with van der Waals surface area (Å²) in [4.78, 5) is 0. The summed E-state index contributed by atoms with van der Waals surface area (Å²) < 4.78 is 7.03. The predicted octanol–water partition coefficient (Wildman–Crippen LogP) is 2.67. The van der Waals surface area contributed by atoms with Crippen molar-refractivity contribution < 1.29 is 4.74 Å². The third kappa shape index (κ3) is 2.54. The number of halogens is 1. The normalized spacial score (nSPS) is 10.8. The lowest BCUT2D eigenvalue weighted by Crippen LogP contribution is -2.06. The molecule has 0 aliphatic carbocycles. The van der Waals surface area contributed by atoms with Crippen molar-refractivity contribution in [3.8, 4) is 5.69 Å². The van der Waals surface area contributed by atoms with Crippen molar-refractivity contribution in [2.24, 2.45) is 0 Å². The highest BCUT2D eigenvalue weighted by atomic mass is 35.5. The first-order chi connectivity index (χ1) is 8.77. The summed E-state index contributed by atoms with van der Waals surface area (Å²) in [5, 5.41) is 8.41. The topological polar surface area (TPSA) is 39.9 Å². The van der Waals surface area contributed by atoms with Crippen LogP contribution in [0.15, 0.2) is 24.3 Å². The van der Waals surface area contributed by atoms with Gasteiger partial charge < -0.3 is 4.74 Å². The van der Waals surface area contributed by atoms with E-state index in [-0.39, 0.29) is 0 Å². The van der Waals surface area contributed by atoms with Crippen LogP contribution in [0.4, 0.5) is 0 Å². The maximum atomic E-state index is 6.12. The Morgan fingerprint density at radius 1 is 1.28 bits per heavy atom. The maximum absolute atomic E-state index is 6.12. The van der Waals surface area contributed by atoms with Crippen LogP contribution in [0.3, 0.4) is 0 Å². The molecule has 0 amide bonds. The molecule has 0 N–H and O–H groups in total. The summed E-state index contributed by atoms with van der Waals surface area (Å²) in [6, 6.07) is 8.10. The number of aromatic nitrogens is 3. The highest BCUT2D eigenvalue weighted by molar-refractivity contribution is 6.28. The van der Waals surface area contributed by atoms with Gasteiger partial charge >= 0.3 is 0 Å². The molecule has 0 saturated heterocycles. The number of para-hydroxylation sites is 1. The molecule has 5 heteroatoms. The second-order valence-corrected chi connectivity index (χ2v) is 4.28. The minimum absolute atomic E-state index is 0.400. The van der Waals surface area contributed by atoms with Crippen LogP contribution in [0.25, 0.3) is 5.69 Å². The fourth-order valence-corrected chi connectivity index (χ4v) is 2.14. The molecule has 4 nitrogen and oxygen atoms in total. The van der Waals surface area contributed by atoms with Gasteiger partial charge in [0, 0.05) is 13.5 Å². The van der Waals surface area contributed by atoms with Gasteiger partial charge in [-0.25, -0.2) is 0 Å². The van der Waals surface area contributed by atoms with E-state index in [1.807, 2.05) is 29.7 Å². The molecule has 0 saturated carbocycles. The summed E-state index contributed by atoms with van der Waals surface area (Å²) in [6.45, 7) is 2.72. The van der Waals surface area contributed by atoms with Crippen molar-refractivity contribution in [2.45, 2.75) is 19.8 Å². The Kier molecular flexibility index (Phi) is 4.33. The standard InChI is InChI=1S/C13H16ClN3O/c1-3-12-15-16-13(14)17(12)11-7-5-4-6-10(11)8-9-18-2/h4-7H,3,8-9H2,1-2H3. The van der Waals surface area contributed by atoms with Gasteiger partial charge in [-0.15, -0.1) is 10.2 Å². The van der Waals surface area contributed by atoms with E-state index in [1.165, 1.54) is 5.56 Å². The van der Waals surface area contributed by atoms with Crippen molar-refractivity contribution in [1.82, 2.24) is 14.8 Å². The van der Waals surface area contributed by atoms with Gasteiger partial charge in [0.15, 0.2) is 0 Å². The minimum atomic E-state index is 0.400. The van der Waals surface area contributed by atoms with Crippen LogP contribution in [0, 0.1) is 0 Å². The summed E-state index contributed by atoms with van der Waals surface area (Å²) in [7, 11) is 1.70. The zero-order valence-corrected chi connectivity index (χ0v) is 11.3. The number of hydrogen-bond acceptors (Lipinski definition) is 3. The van der Waals surface area contributed by atoms with Crippen LogP contribution in [-0.4, -0.2) is 28.5 Å². The van der Waals surface area contributed by atoms with Crippen LogP contribution in [-0.2, 0) is 17.6 Å². The minimum Gasteiger partial charge on any atom is -0.384 e. The number of nitrogens with zero attached hydrogens (tertiary/aromatic N) is 3. The quantitative estimate of drug-likeness (QED) is 0.834. The third-order valence-electron chi connectivity index (χ3n) is 2.81. The van der Waals surface area contributed by atoms with E-state index in [2.05, 4.69) is 16.3 Å². The molecule has 18 heavy (non-hydrogen) atoms. The molecular weight excluding hydrogens is 250 g/mol. The lowest BCUT2D eigenvalue weighted by atomic mass is 10.1. The number of ether oxygens (including phenoxy) is 1. The molecule has 0 radical (unpaired) electrons. The van der Waals surface area contributed by atoms with Crippen LogP contribution < -0.4 is 0 Å². The summed E-state index contributed by atoms with van der Waals surface area (Å²) >= 11 is 6.12. The Bertz CT molecular complexity index is 525. The highest BCUT2D eigenvalue weighted by Gasteiger charge is 2.13. The van der Waals surface area contributed by atoms with Crippen molar-refractivity contribution in [3.63, 3.8) is 0 Å². The second kappa shape index (κ2) is 5.98. The lowest BCUT2D eigenvalue weighted by molar-refractivity contribution is 0.202. The van der Waals surface area contributed by atoms with Crippen LogP contribution in [0.5, 0.6) is 0 Å². The van der Waals surface area contributed by atoms with Crippen molar-refractivity contribution in [3.05, 3.63) is 40.9 Å². The first-order valence-electron chi connectivity index (χ1n) is 5.95.